The highest BCUT2D eigenvalue weighted by Gasteiger charge is 2.32. The zero-order valence-corrected chi connectivity index (χ0v) is 16.8. The number of nitrogens with zero attached hydrogens (tertiary/aromatic N) is 1. The highest BCUT2D eigenvalue weighted by molar-refractivity contribution is 9.10. The highest BCUT2D eigenvalue weighted by atomic mass is 79.9. The number of allylic oxidation sites excluding steroid dienone is 1. The summed E-state index contributed by atoms with van der Waals surface area (Å²) in [6.07, 6.45) is 4.06. The molecule has 2 aromatic rings. The van der Waals surface area contributed by atoms with Gasteiger partial charge < -0.3 is 9.84 Å². The number of ether oxygens (including phenoxy) is 1. The molecule has 2 aliphatic rings. The Hall–Kier alpha value is -2.11. The molecule has 5 heteroatoms. The number of likely N-dealkylation sites (tertiary alicyclic amines) is 1. The van der Waals surface area contributed by atoms with Crippen LogP contribution in [0.2, 0.25) is 0 Å². The van der Waals surface area contributed by atoms with E-state index in [1.165, 1.54) is 0 Å². The molecule has 140 valence electrons. The van der Waals surface area contributed by atoms with E-state index in [1.807, 2.05) is 24.3 Å². The van der Waals surface area contributed by atoms with Crippen molar-refractivity contribution in [3.8, 4) is 11.5 Å². The third-order valence-electron chi connectivity index (χ3n) is 5.37. The molecule has 2 heterocycles. The molecule has 0 spiro atoms. The first kappa shape index (κ1) is 18.3. The van der Waals surface area contributed by atoms with Gasteiger partial charge in [0.05, 0.1) is 11.1 Å². The molecule has 1 fully saturated rings. The van der Waals surface area contributed by atoms with Gasteiger partial charge >= 0.3 is 0 Å². The maximum absolute atomic E-state index is 12.8. The number of Topliss-reactive ketones (excluding diaryl/α,β-unsaturated/α-hetero) is 1. The number of carbonyl (C=O) groups is 1. The van der Waals surface area contributed by atoms with Crippen molar-refractivity contribution in [2.24, 2.45) is 5.92 Å². The molecule has 1 N–H and O–H groups in total. The van der Waals surface area contributed by atoms with E-state index in [4.69, 9.17) is 4.74 Å². The fourth-order valence-corrected chi connectivity index (χ4v) is 4.03. The van der Waals surface area contributed by atoms with Crippen molar-refractivity contribution in [2.75, 3.05) is 13.1 Å². The van der Waals surface area contributed by atoms with Gasteiger partial charge in [-0.15, -0.1) is 0 Å². The van der Waals surface area contributed by atoms with Gasteiger partial charge in [-0.3, -0.25) is 9.69 Å². The molecular weight excluding hydrogens is 406 g/mol. The topological polar surface area (TPSA) is 49.8 Å². The van der Waals surface area contributed by atoms with E-state index < -0.39 is 0 Å². The molecule has 1 saturated heterocycles. The molecule has 2 aromatic carbocycles. The van der Waals surface area contributed by atoms with Crippen molar-refractivity contribution in [2.45, 2.75) is 26.3 Å². The van der Waals surface area contributed by atoms with Crippen LogP contribution in [0, 0.1) is 5.92 Å². The lowest BCUT2D eigenvalue weighted by Crippen LogP contribution is -2.32. The minimum Gasteiger partial charge on any atom is -0.507 e. The van der Waals surface area contributed by atoms with Crippen LogP contribution in [0.25, 0.3) is 6.08 Å². The predicted molar refractivity (Wildman–Crippen MR) is 109 cm³/mol. The lowest BCUT2D eigenvalue weighted by Gasteiger charge is -2.30. The van der Waals surface area contributed by atoms with Crippen LogP contribution >= 0.6 is 15.9 Å². The summed E-state index contributed by atoms with van der Waals surface area (Å²) in [5, 5.41) is 10.4. The summed E-state index contributed by atoms with van der Waals surface area (Å²) >= 11 is 3.50. The number of rotatable bonds is 3. The Kier molecular flexibility index (Phi) is 5.06. The molecule has 0 amide bonds. The Balaban J connectivity index is 1.64. The Labute approximate surface area is 167 Å². The first-order valence-electron chi connectivity index (χ1n) is 9.29. The van der Waals surface area contributed by atoms with Crippen LogP contribution < -0.4 is 4.74 Å². The summed E-state index contributed by atoms with van der Waals surface area (Å²) in [6.45, 7) is 4.86. The van der Waals surface area contributed by atoms with Crippen molar-refractivity contribution in [3.63, 3.8) is 0 Å². The van der Waals surface area contributed by atoms with Gasteiger partial charge in [0, 0.05) is 11.0 Å². The van der Waals surface area contributed by atoms with E-state index in [1.54, 1.807) is 18.2 Å². The zero-order chi connectivity index (χ0) is 19.0. The largest absolute Gasteiger partial charge is 0.507 e. The van der Waals surface area contributed by atoms with E-state index in [0.717, 1.165) is 41.9 Å². The number of carbonyl (C=O) groups excluding carboxylic acids is 1. The average molecular weight is 428 g/mol. The number of phenols is 1. The van der Waals surface area contributed by atoms with Gasteiger partial charge in [-0.1, -0.05) is 41.1 Å². The van der Waals surface area contributed by atoms with E-state index in [9.17, 15) is 9.90 Å². The minimum absolute atomic E-state index is 0.144. The molecule has 0 saturated carbocycles. The summed E-state index contributed by atoms with van der Waals surface area (Å²) in [5.74, 6) is 1.57. The van der Waals surface area contributed by atoms with Crippen LogP contribution in [-0.4, -0.2) is 28.9 Å². The van der Waals surface area contributed by atoms with Gasteiger partial charge in [0.25, 0.3) is 0 Å². The first-order chi connectivity index (χ1) is 13.0. The quantitative estimate of drug-likeness (QED) is 0.699. The van der Waals surface area contributed by atoms with Gasteiger partial charge in [0.1, 0.15) is 11.5 Å². The number of piperidine rings is 1. The number of aromatic hydroxyl groups is 1. The molecule has 4 nitrogen and oxygen atoms in total. The van der Waals surface area contributed by atoms with Crippen molar-refractivity contribution in [1.82, 2.24) is 4.90 Å². The highest BCUT2D eigenvalue weighted by Crippen LogP contribution is 2.40. The maximum atomic E-state index is 12.8. The summed E-state index contributed by atoms with van der Waals surface area (Å²) in [5.41, 5.74) is 2.10. The second kappa shape index (κ2) is 7.49. The SMILES string of the molecule is CC1CCN(Cc2c(O)ccc3c2O/C(=C\c2ccccc2Br)C3=O)CC1. The summed E-state index contributed by atoms with van der Waals surface area (Å²) < 4.78 is 6.86. The van der Waals surface area contributed by atoms with Crippen LogP contribution in [0.5, 0.6) is 11.5 Å². The molecule has 4 rings (SSSR count). The molecule has 0 unspecified atom stereocenters. The van der Waals surface area contributed by atoms with Gasteiger partial charge in [-0.2, -0.15) is 0 Å². The van der Waals surface area contributed by atoms with E-state index >= 15 is 0 Å². The van der Waals surface area contributed by atoms with Crippen LogP contribution in [0.3, 0.4) is 0 Å². The molecule has 27 heavy (non-hydrogen) atoms. The normalized spacial score (nSPS) is 19.3. The number of hydrogen-bond acceptors (Lipinski definition) is 4. The molecule has 0 aromatic heterocycles. The van der Waals surface area contributed by atoms with Crippen LogP contribution in [-0.2, 0) is 6.54 Å². The standard InChI is InChI=1S/C22H22BrNO3/c1-14-8-10-24(11-9-14)13-17-19(25)7-6-16-21(26)20(27-22(16)17)12-15-4-2-3-5-18(15)23/h2-7,12,14,25H,8-11,13H2,1H3/b20-12-. The Morgan fingerprint density at radius 1 is 1.22 bits per heavy atom. The molecule has 0 radical (unpaired) electrons. The Bertz CT molecular complexity index is 914. The van der Waals surface area contributed by atoms with E-state index in [2.05, 4.69) is 27.8 Å². The average Bonchev–Trinajstić information content (AvgIpc) is 2.97. The van der Waals surface area contributed by atoms with Gasteiger partial charge in [-0.05, 0) is 61.7 Å². The number of ketones is 1. The van der Waals surface area contributed by atoms with Gasteiger partial charge in [-0.25, -0.2) is 0 Å². The monoisotopic (exact) mass is 427 g/mol. The third kappa shape index (κ3) is 3.66. The van der Waals surface area contributed by atoms with Crippen molar-refractivity contribution in [1.29, 1.82) is 0 Å². The lowest BCUT2D eigenvalue weighted by molar-refractivity contribution is 0.101. The number of halogens is 1. The maximum Gasteiger partial charge on any atom is 0.231 e. The van der Waals surface area contributed by atoms with Crippen LogP contribution in [0.1, 0.15) is 41.3 Å². The van der Waals surface area contributed by atoms with E-state index in [0.29, 0.717) is 23.4 Å². The molecule has 0 atom stereocenters. The first-order valence-corrected chi connectivity index (χ1v) is 10.1. The second-order valence-electron chi connectivity index (χ2n) is 7.36. The number of fused-ring (bicyclic) bond motifs is 1. The van der Waals surface area contributed by atoms with Crippen LogP contribution in [0.4, 0.5) is 0 Å². The molecular formula is C22H22BrNO3. The lowest BCUT2D eigenvalue weighted by atomic mass is 9.98. The molecule has 0 bridgehead atoms. The third-order valence-corrected chi connectivity index (χ3v) is 6.09. The summed E-state index contributed by atoms with van der Waals surface area (Å²) in [6, 6.07) is 10.9. The fraction of sp³-hybridized carbons (Fsp3) is 0.318. The van der Waals surface area contributed by atoms with E-state index in [-0.39, 0.29) is 17.3 Å². The number of phenolic OH excluding ortho intramolecular Hbond substituents is 1. The number of hydrogen-bond donors (Lipinski definition) is 1. The predicted octanol–water partition coefficient (Wildman–Crippen LogP) is 5.00. The summed E-state index contributed by atoms with van der Waals surface area (Å²) in [7, 11) is 0. The van der Waals surface area contributed by atoms with Crippen molar-refractivity contribution in [3.05, 3.63) is 63.3 Å². The van der Waals surface area contributed by atoms with Crippen LogP contribution in [0.15, 0.2) is 46.6 Å². The Morgan fingerprint density at radius 3 is 2.70 bits per heavy atom. The second-order valence-corrected chi connectivity index (χ2v) is 8.21. The summed E-state index contributed by atoms with van der Waals surface area (Å²) in [4.78, 5) is 15.1. The minimum atomic E-state index is -0.144. The molecule has 0 aliphatic carbocycles. The number of benzene rings is 2. The van der Waals surface area contributed by atoms with Crippen molar-refractivity contribution >= 4 is 27.8 Å². The zero-order valence-electron chi connectivity index (χ0n) is 15.2. The molecule has 2 aliphatic heterocycles. The Morgan fingerprint density at radius 2 is 1.96 bits per heavy atom. The van der Waals surface area contributed by atoms with Crippen molar-refractivity contribution < 1.29 is 14.6 Å². The fourth-order valence-electron chi connectivity index (χ4n) is 3.63. The van der Waals surface area contributed by atoms with Gasteiger partial charge in [0.2, 0.25) is 5.78 Å². The van der Waals surface area contributed by atoms with Gasteiger partial charge in [0.15, 0.2) is 5.76 Å². The smallest absolute Gasteiger partial charge is 0.231 e.